The number of carboxylic acid groups (broad SMARTS) is 1. The van der Waals surface area contributed by atoms with E-state index in [0.717, 1.165) is 35.5 Å². The highest BCUT2D eigenvalue weighted by molar-refractivity contribution is 8.03. The number of thioether (sulfide) groups is 1. The largest absolute Gasteiger partial charge is 0.480 e. The first-order valence-corrected chi connectivity index (χ1v) is 12.9. The monoisotopic (exact) mass is 491 g/mol. The molecule has 0 bridgehead atoms. The highest BCUT2D eigenvalue weighted by Gasteiger charge is 2.37. The molecule has 1 aliphatic carbocycles. The van der Waals surface area contributed by atoms with E-state index in [4.69, 9.17) is 4.74 Å². The first-order valence-electron chi connectivity index (χ1n) is 11.3. The Hall–Kier alpha value is -2.10. The molecule has 0 aliphatic heterocycles. The number of aliphatic carboxylic acids is 1. The minimum Gasteiger partial charge on any atom is -0.480 e. The first-order chi connectivity index (χ1) is 15.7. The van der Waals surface area contributed by atoms with Gasteiger partial charge in [0.25, 0.3) is 0 Å². The SMILES string of the molecule is CC(C)(Sc1cnc(NC(=O)N(CCOCc2ccccc2)C2(C)CCCCC2)s1)C(=O)O. The second kappa shape index (κ2) is 11.4. The molecule has 2 aromatic rings. The molecule has 0 atom stereocenters. The van der Waals surface area contributed by atoms with Crippen molar-refractivity contribution < 1.29 is 19.4 Å². The first kappa shape index (κ1) is 25.5. The van der Waals surface area contributed by atoms with Crippen LogP contribution in [0.3, 0.4) is 0 Å². The quantitative estimate of drug-likeness (QED) is 0.319. The smallest absolute Gasteiger partial charge is 0.324 e. The van der Waals surface area contributed by atoms with E-state index in [-0.39, 0.29) is 11.6 Å². The van der Waals surface area contributed by atoms with Crippen molar-refractivity contribution in [1.29, 1.82) is 0 Å². The zero-order chi connectivity index (χ0) is 23.9. The molecule has 1 aromatic carbocycles. The second-order valence-corrected chi connectivity index (χ2v) is 12.0. The van der Waals surface area contributed by atoms with E-state index in [1.165, 1.54) is 29.5 Å². The minimum absolute atomic E-state index is 0.189. The number of rotatable bonds is 10. The molecule has 180 valence electrons. The third-order valence-corrected chi connectivity index (χ3v) is 8.17. The van der Waals surface area contributed by atoms with Gasteiger partial charge in [0.05, 0.1) is 23.6 Å². The van der Waals surface area contributed by atoms with Gasteiger partial charge in [-0.15, -0.1) is 0 Å². The van der Waals surface area contributed by atoms with Crippen LogP contribution in [0.25, 0.3) is 0 Å². The van der Waals surface area contributed by atoms with Gasteiger partial charge in [-0.05, 0) is 39.2 Å². The molecule has 1 saturated carbocycles. The molecule has 2 N–H and O–H groups in total. The van der Waals surface area contributed by atoms with E-state index in [9.17, 15) is 14.7 Å². The summed E-state index contributed by atoms with van der Waals surface area (Å²) in [5.74, 6) is -0.890. The summed E-state index contributed by atoms with van der Waals surface area (Å²) in [4.78, 5) is 30.9. The van der Waals surface area contributed by atoms with Crippen molar-refractivity contribution in [2.24, 2.45) is 0 Å². The maximum Gasteiger partial charge on any atom is 0.324 e. The van der Waals surface area contributed by atoms with Gasteiger partial charge in [-0.2, -0.15) is 0 Å². The highest BCUT2D eigenvalue weighted by Crippen LogP contribution is 2.38. The van der Waals surface area contributed by atoms with Crippen LogP contribution in [0.15, 0.2) is 40.7 Å². The van der Waals surface area contributed by atoms with E-state index in [1.807, 2.05) is 35.2 Å². The van der Waals surface area contributed by atoms with Gasteiger partial charge in [0.2, 0.25) is 0 Å². The molecule has 1 aromatic heterocycles. The molecule has 0 radical (unpaired) electrons. The molecular formula is C24H33N3O4S2. The molecule has 1 fully saturated rings. The molecule has 7 nitrogen and oxygen atoms in total. The number of nitrogens with one attached hydrogen (secondary N) is 1. The lowest BCUT2D eigenvalue weighted by Gasteiger charge is -2.43. The molecule has 1 aliphatic rings. The zero-order valence-electron chi connectivity index (χ0n) is 19.5. The number of carboxylic acids is 1. The zero-order valence-corrected chi connectivity index (χ0v) is 21.1. The average molecular weight is 492 g/mol. The van der Waals surface area contributed by atoms with Crippen molar-refractivity contribution in [3.63, 3.8) is 0 Å². The molecule has 33 heavy (non-hydrogen) atoms. The number of aromatic nitrogens is 1. The number of carbonyl (C=O) groups is 2. The molecule has 0 spiro atoms. The maximum atomic E-state index is 13.3. The van der Waals surface area contributed by atoms with Crippen molar-refractivity contribution in [3.05, 3.63) is 42.1 Å². The summed E-state index contributed by atoms with van der Waals surface area (Å²) in [7, 11) is 0. The van der Waals surface area contributed by atoms with Crippen LogP contribution < -0.4 is 5.32 Å². The molecule has 9 heteroatoms. The second-order valence-electron chi connectivity index (χ2n) is 9.08. The fourth-order valence-electron chi connectivity index (χ4n) is 3.94. The van der Waals surface area contributed by atoms with Gasteiger partial charge in [0, 0.05) is 12.1 Å². The Balaban J connectivity index is 1.63. The van der Waals surface area contributed by atoms with Crippen LogP contribution in [0.1, 0.15) is 58.4 Å². The van der Waals surface area contributed by atoms with E-state index in [2.05, 4.69) is 17.2 Å². The Kier molecular flexibility index (Phi) is 8.78. The van der Waals surface area contributed by atoms with E-state index < -0.39 is 10.7 Å². The Bertz CT molecular complexity index is 927. The lowest BCUT2D eigenvalue weighted by Crippen LogP contribution is -2.53. The average Bonchev–Trinajstić information content (AvgIpc) is 3.20. The number of urea groups is 1. The van der Waals surface area contributed by atoms with Crippen LogP contribution in [0.4, 0.5) is 9.93 Å². The predicted molar refractivity (Wildman–Crippen MR) is 133 cm³/mol. The fraction of sp³-hybridized carbons (Fsp3) is 0.542. The molecule has 1 heterocycles. The number of amides is 2. The van der Waals surface area contributed by atoms with Crippen molar-refractivity contribution in [1.82, 2.24) is 9.88 Å². The van der Waals surface area contributed by atoms with Crippen LogP contribution in [0.2, 0.25) is 0 Å². The number of benzene rings is 1. The standard InChI is InChI=1S/C24H33N3O4S2/c1-23(2,20(28)29)33-19-16-25-21(32-19)26-22(30)27(24(3)12-8-5-9-13-24)14-15-31-17-18-10-6-4-7-11-18/h4,6-7,10-11,16H,5,8-9,12-15,17H2,1-3H3,(H,28,29)(H,25,26,30). The summed E-state index contributed by atoms with van der Waals surface area (Å²) >= 11 is 2.52. The van der Waals surface area contributed by atoms with Gasteiger partial charge in [0.1, 0.15) is 4.75 Å². The lowest BCUT2D eigenvalue weighted by atomic mass is 9.82. The summed E-state index contributed by atoms with van der Waals surface area (Å²) in [5, 5.41) is 12.8. The fourth-order valence-corrected chi connectivity index (χ4v) is 6.20. The molecule has 2 amide bonds. The van der Waals surface area contributed by atoms with Gasteiger partial charge in [-0.1, -0.05) is 72.7 Å². The molecular weight excluding hydrogens is 458 g/mol. The van der Waals surface area contributed by atoms with E-state index in [1.54, 1.807) is 20.0 Å². The molecule has 0 saturated heterocycles. The number of nitrogens with zero attached hydrogens (tertiary/aromatic N) is 2. The van der Waals surface area contributed by atoms with Gasteiger partial charge >= 0.3 is 12.0 Å². The van der Waals surface area contributed by atoms with Crippen molar-refractivity contribution in [2.75, 3.05) is 18.5 Å². The van der Waals surface area contributed by atoms with Crippen LogP contribution in [-0.2, 0) is 16.1 Å². The van der Waals surface area contributed by atoms with Crippen molar-refractivity contribution in [2.45, 2.75) is 74.0 Å². The highest BCUT2D eigenvalue weighted by atomic mass is 32.2. The number of ether oxygens (including phenoxy) is 1. The number of hydrogen-bond donors (Lipinski definition) is 2. The van der Waals surface area contributed by atoms with Gasteiger partial charge in [-0.3, -0.25) is 10.1 Å². The summed E-state index contributed by atoms with van der Waals surface area (Å²) in [6.45, 7) is 6.91. The normalized spacial score (nSPS) is 15.7. The summed E-state index contributed by atoms with van der Waals surface area (Å²) < 4.78 is 5.66. The lowest BCUT2D eigenvalue weighted by molar-refractivity contribution is -0.138. The summed E-state index contributed by atoms with van der Waals surface area (Å²) in [6.07, 6.45) is 6.95. The van der Waals surface area contributed by atoms with E-state index in [0.29, 0.717) is 24.9 Å². The summed E-state index contributed by atoms with van der Waals surface area (Å²) in [5.41, 5.74) is 0.882. The van der Waals surface area contributed by atoms with Crippen molar-refractivity contribution in [3.8, 4) is 0 Å². The summed E-state index contributed by atoms with van der Waals surface area (Å²) in [6, 6.07) is 9.81. The Morgan fingerprint density at radius 3 is 2.61 bits per heavy atom. The number of anilines is 1. The van der Waals surface area contributed by atoms with Gasteiger partial charge in [0.15, 0.2) is 5.13 Å². The third-order valence-electron chi connectivity index (χ3n) is 5.97. The molecule has 0 unspecified atom stereocenters. The predicted octanol–water partition coefficient (Wildman–Crippen LogP) is 5.87. The number of hydrogen-bond acceptors (Lipinski definition) is 6. The van der Waals surface area contributed by atoms with Gasteiger partial charge < -0.3 is 14.7 Å². The van der Waals surface area contributed by atoms with Crippen LogP contribution in [0, 0.1) is 0 Å². The van der Waals surface area contributed by atoms with Crippen LogP contribution in [-0.4, -0.2) is 50.4 Å². The number of thiazole rings is 1. The third kappa shape index (κ3) is 7.19. The topological polar surface area (TPSA) is 91.8 Å². The molecule has 3 rings (SSSR count). The van der Waals surface area contributed by atoms with Crippen LogP contribution in [0.5, 0.6) is 0 Å². The van der Waals surface area contributed by atoms with Crippen molar-refractivity contribution >= 4 is 40.2 Å². The van der Waals surface area contributed by atoms with E-state index >= 15 is 0 Å². The number of carbonyl (C=O) groups excluding carboxylic acids is 1. The minimum atomic E-state index is -0.967. The van der Waals surface area contributed by atoms with Gasteiger partial charge in [-0.25, -0.2) is 9.78 Å². The van der Waals surface area contributed by atoms with Crippen LogP contribution >= 0.6 is 23.1 Å². The Morgan fingerprint density at radius 1 is 1.24 bits per heavy atom. The Labute approximate surface area is 203 Å². The Morgan fingerprint density at radius 2 is 1.94 bits per heavy atom. The maximum absolute atomic E-state index is 13.3.